The van der Waals surface area contributed by atoms with Gasteiger partial charge < -0.3 is 25.0 Å². The number of hydrogen-bond acceptors (Lipinski definition) is 9. The highest BCUT2D eigenvalue weighted by Crippen LogP contribution is 2.26. The minimum absolute atomic E-state index is 0.00127. The van der Waals surface area contributed by atoms with E-state index in [2.05, 4.69) is 6.92 Å². The Balaban J connectivity index is 2.48. The topological polar surface area (TPSA) is 159 Å². The third-order valence-electron chi connectivity index (χ3n) is 9.91. The molecule has 1 aliphatic rings. The summed E-state index contributed by atoms with van der Waals surface area (Å²) in [4.78, 5) is 64.0. The maximum absolute atomic E-state index is 13.1. The van der Waals surface area contributed by atoms with Crippen molar-refractivity contribution in [3.8, 4) is 0 Å². The Bertz CT molecular complexity index is 1310. The Kier molecular flexibility index (Phi) is 21.1. The summed E-state index contributed by atoms with van der Waals surface area (Å²) in [6, 6.07) is -0.901. The number of Topliss-reactive ketones (excluding diaryl/α,β-unsaturated/α-hetero) is 3. The molecule has 1 fully saturated rings. The van der Waals surface area contributed by atoms with Crippen LogP contribution in [0.4, 0.5) is 0 Å². The van der Waals surface area contributed by atoms with Crippen molar-refractivity contribution >= 4 is 29.2 Å². The number of aliphatic hydroxyl groups is 3. The normalized spacial score (nSPS) is 19.1. The van der Waals surface area contributed by atoms with Crippen molar-refractivity contribution in [3.05, 3.63) is 47.6 Å². The third-order valence-corrected chi connectivity index (χ3v) is 9.91. The van der Waals surface area contributed by atoms with Gasteiger partial charge in [0.05, 0.1) is 12.7 Å². The number of carbonyl (C=O) groups excluding carboxylic acids is 5. The van der Waals surface area contributed by atoms with E-state index in [1.807, 2.05) is 58.1 Å². The van der Waals surface area contributed by atoms with Crippen LogP contribution < -0.4 is 0 Å². The summed E-state index contributed by atoms with van der Waals surface area (Å²) < 4.78 is 5.31. The fourth-order valence-corrected chi connectivity index (χ4v) is 6.07. The van der Waals surface area contributed by atoms with E-state index >= 15 is 0 Å². The minimum atomic E-state index is -2.82. The van der Waals surface area contributed by atoms with E-state index in [1.54, 1.807) is 26.8 Å². The molecule has 1 heterocycles. The van der Waals surface area contributed by atoms with E-state index in [9.17, 15) is 39.3 Å². The Morgan fingerprint density at radius 3 is 2.21 bits per heavy atom. The first kappa shape index (κ1) is 46.8. The number of piperidine rings is 1. The maximum Gasteiger partial charge on any atom is 0.328 e. The van der Waals surface area contributed by atoms with E-state index in [0.717, 1.165) is 24.2 Å². The van der Waals surface area contributed by atoms with Crippen LogP contribution in [-0.2, 0) is 28.7 Å². The molecule has 0 aliphatic carbocycles. The van der Waals surface area contributed by atoms with Gasteiger partial charge in [-0.15, -0.1) is 0 Å². The first-order valence-electron chi connectivity index (χ1n) is 19.2. The summed E-state index contributed by atoms with van der Waals surface area (Å²) in [7, 11) is 0. The van der Waals surface area contributed by atoms with Crippen LogP contribution in [0.3, 0.4) is 0 Å². The predicted octanol–water partition coefficient (Wildman–Crippen LogP) is 6.62. The Morgan fingerprint density at radius 2 is 1.58 bits per heavy atom. The van der Waals surface area contributed by atoms with Crippen LogP contribution in [0, 0.1) is 29.6 Å². The summed E-state index contributed by atoms with van der Waals surface area (Å²) in [5.41, 5.74) is 1.83. The highest BCUT2D eigenvalue weighted by Gasteiger charge is 2.47. The molecule has 6 atom stereocenters. The van der Waals surface area contributed by atoms with Gasteiger partial charge in [-0.2, -0.15) is 0 Å². The summed E-state index contributed by atoms with van der Waals surface area (Å²) in [6.07, 6.45) is 16.8. The van der Waals surface area contributed by atoms with Gasteiger partial charge in [-0.25, -0.2) is 4.79 Å². The van der Waals surface area contributed by atoms with Gasteiger partial charge >= 0.3 is 5.97 Å². The largest absolute Gasteiger partial charge is 0.464 e. The highest BCUT2D eigenvalue weighted by atomic mass is 16.5. The van der Waals surface area contributed by atoms with E-state index in [0.29, 0.717) is 44.1 Å². The monoisotopic (exact) mass is 729 g/mol. The molecule has 0 spiro atoms. The minimum Gasteiger partial charge on any atom is -0.464 e. The van der Waals surface area contributed by atoms with Crippen LogP contribution >= 0.6 is 0 Å². The Hall–Kier alpha value is -3.21. The number of ketones is 3. The molecule has 10 heteroatoms. The first-order chi connectivity index (χ1) is 24.3. The third kappa shape index (κ3) is 16.6. The zero-order valence-electron chi connectivity index (χ0n) is 33.2. The van der Waals surface area contributed by atoms with E-state index in [4.69, 9.17) is 4.74 Å². The van der Waals surface area contributed by atoms with Crippen LogP contribution in [0.1, 0.15) is 127 Å². The molecule has 0 aromatic rings. The zero-order chi connectivity index (χ0) is 39.6. The number of carbonyl (C=O) groups is 5. The lowest BCUT2D eigenvalue weighted by Gasteiger charge is -2.36. The first-order valence-corrected chi connectivity index (χ1v) is 19.2. The van der Waals surface area contributed by atoms with Gasteiger partial charge in [-0.05, 0) is 83.1 Å². The van der Waals surface area contributed by atoms with Crippen molar-refractivity contribution < 1.29 is 44.0 Å². The lowest BCUT2D eigenvalue weighted by Crippen LogP contribution is -2.57. The maximum atomic E-state index is 13.1. The number of rotatable bonds is 23. The number of allylic oxidation sites excluding steroid dienone is 7. The van der Waals surface area contributed by atoms with Gasteiger partial charge in [-0.1, -0.05) is 96.4 Å². The molecule has 3 N–H and O–H groups in total. The number of ether oxygens (including phenoxy) is 1. The number of likely N-dealkylation sites (tertiary alicyclic amines) is 1. The molecular weight excluding hydrogens is 662 g/mol. The van der Waals surface area contributed by atoms with Crippen molar-refractivity contribution in [2.45, 2.75) is 144 Å². The van der Waals surface area contributed by atoms with Crippen LogP contribution in [0.25, 0.3) is 0 Å². The molecular formula is C42H67NO9. The second-order valence-corrected chi connectivity index (χ2v) is 15.5. The van der Waals surface area contributed by atoms with Crippen molar-refractivity contribution in [1.29, 1.82) is 0 Å². The molecule has 4 unspecified atom stereocenters. The van der Waals surface area contributed by atoms with Gasteiger partial charge in [0.25, 0.3) is 11.7 Å². The van der Waals surface area contributed by atoms with Crippen molar-refractivity contribution in [3.63, 3.8) is 0 Å². The zero-order valence-corrected chi connectivity index (χ0v) is 33.2. The van der Waals surface area contributed by atoms with Crippen molar-refractivity contribution in [2.24, 2.45) is 29.6 Å². The van der Waals surface area contributed by atoms with E-state index < -0.39 is 41.5 Å². The average molecular weight is 730 g/mol. The van der Waals surface area contributed by atoms with Gasteiger partial charge in [0, 0.05) is 30.7 Å². The molecule has 0 aromatic heterocycles. The van der Waals surface area contributed by atoms with Gasteiger partial charge in [-0.3, -0.25) is 19.2 Å². The standard InChI is InChI=1S/C42H67NO9/c1-28(2)27-52-41(49)36-22-16-17-23-43(36)40(48)39(47)42(50,51)34(8)21-15-11-13-19-29(3)18-12-10-14-20-30(4)24-32(6)37(45)26-38(46)33(7)25-31(5)35(9)44/h10,12,14,18,20,25,28,30-32,34,36,38,46,50-51H,11,13,15-17,19,21-24,26-27H2,1-9H3/b12-10+,20-14+,29-18+,33-25+/t30-,31-,32?,34?,36?,38?/m1/s1. The molecule has 0 bridgehead atoms. The van der Waals surface area contributed by atoms with Crippen LogP contribution in [0.2, 0.25) is 0 Å². The fourth-order valence-electron chi connectivity index (χ4n) is 6.07. The van der Waals surface area contributed by atoms with Gasteiger partial charge in [0.1, 0.15) is 17.6 Å². The van der Waals surface area contributed by atoms with E-state index in [-0.39, 0.29) is 54.8 Å². The molecule has 0 radical (unpaired) electrons. The number of hydrogen-bond donors (Lipinski definition) is 3. The SMILES string of the molecule is CC(=O)[C@H](C)/C=C(\C)C(O)CC(=O)C(C)C[C@H](C)/C=C/C=C/C=C(\C)CCCCCC(C)C(O)(O)C(=O)C(=O)N1CCCCC1C(=O)OCC(C)C. The van der Waals surface area contributed by atoms with Gasteiger partial charge in [0.15, 0.2) is 0 Å². The summed E-state index contributed by atoms with van der Waals surface area (Å²) >= 11 is 0. The molecule has 0 saturated carbocycles. The molecule has 1 rings (SSSR count). The number of amides is 1. The van der Waals surface area contributed by atoms with Crippen LogP contribution in [-0.4, -0.2) is 80.5 Å². The van der Waals surface area contributed by atoms with Crippen molar-refractivity contribution in [1.82, 2.24) is 4.90 Å². The second kappa shape index (κ2) is 23.5. The molecule has 294 valence electrons. The molecule has 1 amide bonds. The number of nitrogens with zero attached hydrogens (tertiary/aromatic N) is 1. The quantitative estimate of drug-likeness (QED) is 0.0263. The summed E-state index contributed by atoms with van der Waals surface area (Å²) in [5, 5.41) is 31.8. The smallest absolute Gasteiger partial charge is 0.328 e. The molecule has 1 saturated heterocycles. The van der Waals surface area contributed by atoms with Gasteiger partial charge in [0.2, 0.25) is 5.79 Å². The molecule has 1 aliphatic heterocycles. The fraction of sp³-hybridized carbons (Fsp3) is 0.690. The molecule has 0 aromatic carbocycles. The average Bonchev–Trinajstić information content (AvgIpc) is 3.08. The van der Waals surface area contributed by atoms with Crippen molar-refractivity contribution in [2.75, 3.05) is 13.2 Å². The van der Waals surface area contributed by atoms with E-state index in [1.165, 1.54) is 12.5 Å². The van der Waals surface area contributed by atoms with Crippen LogP contribution in [0.5, 0.6) is 0 Å². The summed E-state index contributed by atoms with van der Waals surface area (Å²) in [6.45, 7) is 16.7. The predicted molar refractivity (Wildman–Crippen MR) is 204 cm³/mol. The lowest BCUT2D eigenvalue weighted by molar-refractivity contribution is -0.205. The molecule has 10 nitrogen and oxygen atoms in total. The highest BCUT2D eigenvalue weighted by molar-refractivity contribution is 6.39. The second-order valence-electron chi connectivity index (χ2n) is 15.5. The Morgan fingerprint density at radius 1 is 0.904 bits per heavy atom. The lowest BCUT2D eigenvalue weighted by atomic mass is 9.89. The Labute approximate surface area is 312 Å². The number of aliphatic hydroxyl groups excluding tert-OH is 1. The number of esters is 1. The van der Waals surface area contributed by atoms with Crippen LogP contribution in [0.15, 0.2) is 47.6 Å². The summed E-state index contributed by atoms with van der Waals surface area (Å²) in [5.74, 6) is -6.80. The molecule has 52 heavy (non-hydrogen) atoms. The number of unbranched alkanes of at least 4 members (excludes halogenated alkanes) is 2.